The second kappa shape index (κ2) is 7.95. The van der Waals surface area contributed by atoms with Crippen molar-refractivity contribution in [1.82, 2.24) is 20.2 Å². The van der Waals surface area contributed by atoms with E-state index in [1.54, 1.807) is 4.90 Å². The minimum absolute atomic E-state index is 0.00680. The number of hydrogen-bond donors (Lipinski definition) is 1. The summed E-state index contributed by atoms with van der Waals surface area (Å²) >= 11 is 0. The number of aromatic nitrogens is 2. The van der Waals surface area contributed by atoms with E-state index in [4.69, 9.17) is 10.00 Å². The van der Waals surface area contributed by atoms with E-state index < -0.39 is 0 Å². The fraction of sp³-hybridized carbons (Fsp3) is 0.647. The predicted octanol–water partition coefficient (Wildman–Crippen LogP) is 2.23. The molecule has 2 heterocycles. The predicted molar refractivity (Wildman–Crippen MR) is 87.4 cm³/mol. The van der Waals surface area contributed by atoms with Crippen LogP contribution >= 0.6 is 0 Å². The van der Waals surface area contributed by atoms with Crippen molar-refractivity contribution in [3.8, 4) is 11.9 Å². The number of nitrogens with one attached hydrogen (secondary N) is 1. The van der Waals surface area contributed by atoms with Crippen LogP contribution in [0.1, 0.15) is 50.6 Å². The lowest BCUT2D eigenvalue weighted by molar-refractivity contribution is 0.179. The molecule has 2 aliphatic rings. The molecular weight excluding hydrogens is 306 g/mol. The Morgan fingerprint density at radius 3 is 2.71 bits per heavy atom. The zero-order chi connectivity index (χ0) is 16.8. The minimum atomic E-state index is -0.145. The number of nitrogens with zero attached hydrogens (tertiary/aromatic N) is 4. The molecule has 1 aliphatic heterocycles. The second-order valence-corrected chi connectivity index (χ2v) is 6.43. The van der Waals surface area contributed by atoms with Crippen molar-refractivity contribution in [3.63, 3.8) is 0 Å². The molecule has 1 aromatic rings. The zero-order valence-corrected chi connectivity index (χ0v) is 13.8. The fourth-order valence-electron chi connectivity index (χ4n) is 3.34. The van der Waals surface area contributed by atoms with E-state index in [-0.39, 0.29) is 23.7 Å². The van der Waals surface area contributed by atoms with Crippen LogP contribution < -0.4 is 10.1 Å². The average Bonchev–Trinajstić information content (AvgIpc) is 2.92. The number of hydrogen-bond acceptors (Lipinski definition) is 5. The molecule has 1 aromatic heterocycles. The van der Waals surface area contributed by atoms with Crippen LogP contribution in [0.15, 0.2) is 12.4 Å². The third kappa shape index (κ3) is 4.13. The number of carbonyl (C=O) groups is 1. The quantitative estimate of drug-likeness (QED) is 0.859. The van der Waals surface area contributed by atoms with Crippen LogP contribution in [-0.2, 0) is 0 Å². The van der Waals surface area contributed by atoms with Gasteiger partial charge in [-0.2, -0.15) is 5.26 Å². The summed E-state index contributed by atoms with van der Waals surface area (Å²) in [4.78, 5) is 22.2. The summed E-state index contributed by atoms with van der Waals surface area (Å²) in [7, 11) is 0. The number of rotatable bonds is 3. The first-order valence-electron chi connectivity index (χ1n) is 8.69. The summed E-state index contributed by atoms with van der Waals surface area (Å²) in [6.45, 7) is 1.17. The van der Waals surface area contributed by atoms with Gasteiger partial charge in [-0.15, -0.1) is 0 Å². The van der Waals surface area contributed by atoms with Crippen LogP contribution in [0.2, 0.25) is 0 Å². The number of likely N-dealkylation sites (tertiary alicyclic amines) is 1. The second-order valence-electron chi connectivity index (χ2n) is 6.43. The molecule has 7 heteroatoms. The molecule has 0 radical (unpaired) electrons. The molecule has 0 aromatic carbocycles. The molecule has 0 unspecified atom stereocenters. The Labute approximate surface area is 142 Å². The van der Waals surface area contributed by atoms with Gasteiger partial charge in [-0.3, -0.25) is 0 Å². The fourth-order valence-corrected chi connectivity index (χ4v) is 3.34. The Bertz CT molecular complexity index is 607. The van der Waals surface area contributed by atoms with Gasteiger partial charge in [-0.05, 0) is 12.8 Å². The summed E-state index contributed by atoms with van der Waals surface area (Å²) in [5, 5.41) is 12.2. The van der Waals surface area contributed by atoms with Gasteiger partial charge in [0.2, 0.25) is 5.69 Å². The first-order chi connectivity index (χ1) is 11.8. The summed E-state index contributed by atoms with van der Waals surface area (Å²) in [5.41, 5.74) is 0.179. The molecule has 7 nitrogen and oxygen atoms in total. The third-order valence-electron chi connectivity index (χ3n) is 4.66. The summed E-state index contributed by atoms with van der Waals surface area (Å²) in [5.74, 6) is 0.246. The van der Waals surface area contributed by atoms with Gasteiger partial charge in [0.15, 0.2) is 0 Å². The van der Waals surface area contributed by atoms with Gasteiger partial charge < -0.3 is 15.0 Å². The average molecular weight is 329 g/mol. The van der Waals surface area contributed by atoms with Crippen molar-refractivity contribution in [2.45, 2.75) is 57.1 Å². The highest BCUT2D eigenvalue weighted by atomic mass is 16.5. The lowest BCUT2D eigenvalue weighted by atomic mass is 10.1. The highest BCUT2D eigenvalue weighted by molar-refractivity contribution is 5.74. The normalized spacial score (nSPS) is 21.8. The van der Waals surface area contributed by atoms with Crippen molar-refractivity contribution < 1.29 is 9.53 Å². The molecule has 24 heavy (non-hydrogen) atoms. The zero-order valence-electron chi connectivity index (χ0n) is 13.8. The largest absolute Gasteiger partial charge is 0.470 e. The summed E-state index contributed by atoms with van der Waals surface area (Å²) in [6, 6.07) is 2.26. The molecule has 1 N–H and O–H groups in total. The van der Waals surface area contributed by atoms with Crippen molar-refractivity contribution in [3.05, 3.63) is 18.1 Å². The topological polar surface area (TPSA) is 91.1 Å². The van der Waals surface area contributed by atoms with Crippen LogP contribution in [0.25, 0.3) is 0 Å². The number of carbonyl (C=O) groups excluding carboxylic acids is 1. The lowest BCUT2D eigenvalue weighted by Gasteiger charge is -2.22. The maximum Gasteiger partial charge on any atom is 0.317 e. The Hall–Kier alpha value is -2.36. The Morgan fingerprint density at radius 2 is 1.96 bits per heavy atom. The number of ether oxygens (including phenoxy) is 1. The molecule has 0 spiro atoms. The lowest BCUT2D eigenvalue weighted by Crippen LogP contribution is -2.44. The molecule has 1 saturated heterocycles. The highest BCUT2D eigenvalue weighted by Gasteiger charge is 2.29. The summed E-state index contributed by atoms with van der Waals surface area (Å²) < 4.78 is 5.77. The molecule has 0 bridgehead atoms. The molecular formula is C17H23N5O2. The summed E-state index contributed by atoms with van der Waals surface area (Å²) in [6.07, 6.45) is 10.6. The molecule has 1 saturated carbocycles. The molecule has 2 fully saturated rings. The molecule has 2 amide bonds. The van der Waals surface area contributed by atoms with Crippen LogP contribution in [0, 0.1) is 11.3 Å². The van der Waals surface area contributed by atoms with Crippen molar-refractivity contribution >= 4 is 6.03 Å². The molecule has 128 valence electrons. The maximum atomic E-state index is 12.4. The Morgan fingerprint density at radius 1 is 1.21 bits per heavy atom. The van der Waals surface area contributed by atoms with Gasteiger partial charge in [-0.1, -0.05) is 25.7 Å². The Kier molecular flexibility index (Phi) is 5.47. The standard InChI is InChI=1S/C17H23N5O2/c18-11-15-16(20-9-8-19-15)24-14-7-10-22(12-14)17(23)21-13-5-3-1-2-4-6-13/h8-9,13-14H,1-7,10,12H2,(H,21,23)/t14-/m1/s1. The van der Waals surface area contributed by atoms with E-state index in [0.717, 1.165) is 19.3 Å². The van der Waals surface area contributed by atoms with Gasteiger partial charge in [-0.25, -0.2) is 14.8 Å². The van der Waals surface area contributed by atoms with Crippen LogP contribution in [0.5, 0.6) is 5.88 Å². The van der Waals surface area contributed by atoms with Gasteiger partial charge >= 0.3 is 6.03 Å². The van der Waals surface area contributed by atoms with E-state index in [1.807, 2.05) is 6.07 Å². The number of amides is 2. The molecule has 3 rings (SSSR count). The van der Waals surface area contributed by atoms with Crippen LogP contribution in [0.3, 0.4) is 0 Å². The number of nitriles is 1. The van der Waals surface area contributed by atoms with Crippen LogP contribution in [0.4, 0.5) is 4.79 Å². The van der Waals surface area contributed by atoms with E-state index in [2.05, 4.69) is 15.3 Å². The first-order valence-corrected chi connectivity index (χ1v) is 8.69. The van der Waals surface area contributed by atoms with Crippen molar-refractivity contribution in [1.29, 1.82) is 5.26 Å². The van der Waals surface area contributed by atoms with Crippen LogP contribution in [-0.4, -0.2) is 46.1 Å². The third-order valence-corrected chi connectivity index (χ3v) is 4.66. The van der Waals surface area contributed by atoms with Crippen molar-refractivity contribution in [2.75, 3.05) is 13.1 Å². The van der Waals surface area contributed by atoms with E-state index in [1.165, 1.54) is 38.1 Å². The smallest absolute Gasteiger partial charge is 0.317 e. The van der Waals surface area contributed by atoms with Gasteiger partial charge in [0.25, 0.3) is 5.88 Å². The SMILES string of the molecule is N#Cc1nccnc1O[C@@H]1CCN(C(=O)NC2CCCCCC2)C1. The minimum Gasteiger partial charge on any atom is -0.470 e. The van der Waals surface area contributed by atoms with Gasteiger partial charge in [0.05, 0.1) is 6.54 Å². The Balaban J connectivity index is 1.51. The van der Waals surface area contributed by atoms with Gasteiger partial charge in [0.1, 0.15) is 12.2 Å². The molecule has 1 atom stereocenters. The number of urea groups is 1. The monoisotopic (exact) mass is 329 g/mol. The van der Waals surface area contributed by atoms with E-state index in [0.29, 0.717) is 19.1 Å². The maximum absolute atomic E-state index is 12.4. The highest BCUT2D eigenvalue weighted by Crippen LogP contribution is 2.20. The van der Waals surface area contributed by atoms with E-state index in [9.17, 15) is 4.79 Å². The first kappa shape index (κ1) is 16.5. The molecule has 1 aliphatic carbocycles. The van der Waals surface area contributed by atoms with Crippen molar-refractivity contribution in [2.24, 2.45) is 0 Å². The van der Waals surface area contributed by atoms with E-state index >= 15 is 0 Å². The van der Waals surface area contributed by atoms with Gasteiger partial charge in [0, 0.05) is 31.4 Å².